The summed E-state index contributed by atoms with van der Waals surface area (Å²) in [6.45, 7) is 4.61. The average molecular weight is 1030 g/mol. The number of benzene rings is 7. The summed E-state index contributed by atoms with van der Waals surface area (Å²) in [5.41, 5.74) is 1.62. The van der Waals surface area contributed by atoms with Gasteiger partial charge in [-0.2, -0.15) is 0 Å². The summed E-state index contributed by atoms with van der Waals surface area (Å²) < 4.78 is 24.8. The molecule has 1 radical (unpaired) electrons. The first-order valence-electron chi connectivity index (χ1n) is 19.1. The molecule has 9 rings (SSSR count). The normalized spacial score (nSPS) is 11.5. The van der Waals surface area contributed by atoms with E-state index in [1.807, 2.05) is 0 Å². The van der Waals surface area contributed by atoms with Crippen LogP contribution in [0.25, 0.3) is 11.1 Å². The van der Waals surface area contributed by atoms with Crippen molar-refractivity contribution in [1.29, 1.82) is 0 Å². The minimum Gasteiger partial charge on any atom is -0.521 e. The van der Waals surface area contributed by atoms with Gasteiger partial charge in [-0.05, 0) is 72.8 Å². The van der Waals surface area contributed by atoms with Crippen LogP contribution in [0, 0.1) is 23.6 Å². The van der Waals surface area contributed by atoms with Crippen LogP contribution in [0.5, 0.6) is 23.0 Å². The van der Waals surface area contributed by atoms with Crippen molar-refractivity contribution >= 4 is 59.3 Å². The molecule has 12 heteroatoms. The van der Waals surface area contributed by atoms with Crippen molar-refractivity contribution < 1.29 is 53.9 Å². The largest absolute Gasteiger partial charge is 0.521 e. The smallest absolute Gasteiger partial charge is 0.247 e. The third-order valence-corrected chi connectivity index (χ3v) is 14.9. The quantitative estimate of drug-likeness (QED) is 0.0661. The molecule has 2 aliphatic rings. The molecule has 2 heterocycles. The van der Waals surface area contributed by atoms with Crippen LogP contribution in [0.4, 0.5) is 5.69 Å². The van der Waals surface area contributed by atoms with Crippen molar-refractivity contribution in [1.82, 2.24) is 0 Å². The fourth-order valence-electron chi connectivity index (χ4n) is 6.92. The van der Waals surface area contributed by atoms with Gasteiger partial charge in [0.15, 0.2) is 28.7 Å². The molecule has 0 aliphatic carbocycles. The molecule has 0 saturated heterocycles. The maximum Gasteiger partial charge on any atom is 0.247 e. The maximum absolute atomic E-state index is 10.3. The van der Waals surface area contributed by atoms with Crippen LogP contribution in [0.15, 0.2) is 164 Å². The van der Waals surface area contributed by atoms with Crippen LogP contribution in [0.2, 0.25) is 0 Å². The van der Waals surface area contributed by atoms with Gasteiger partial charge in [-0.3, -0.25) is 10.1 Å². The Morgan fingerprint density at radius 3 is 1.31 bits per heavy atom. The van der Waals surface area contributed by atoms with E-state index in [-0.39, 0.29) is 52.4 Å². The predicted molar refractivity (Wildman–Crippen MR) is 246 cm³/mol. The summed E-state index contributed by atoms with van der Waals surface area (Å²) >= 11 is 0. The van der Waals surface area contributed by atoms with E-state index in [1.54, 1.807) is 0 Å². The number of aromatic carboxylic acids is 1. The fraction of sp³-hybridized carbons (Fsp3) is 0.102. The van der Waals surface area contributed by atoms with E-state index in [9.17, 15) is 14.9 Å². The monoisotopic (exact) mass is 1030 g/mol. The molecule has 0 aromatic heterocycles. The molecule has 7 aromatic rings. The number of rotatable bonds is 9. The summed E-state index contributed by atoms with van der Waals surface area (Å²) in [6.07, 6.45) is 1.25. The average Bonchev–Trinajstić information content (AvgIpc) is 3.97. The third-order valence-electron chi connectivity index (χ3n) is 9.34. The van der Waals surface area contributed by atoms with Crippen LogP contribution in [-0.2, 0) is 20.1 Å². The number of non-ortho nitro benzene ring substituents is 1. The van der Waals surface area contributed by atoms with Gasteiger partial charge in [0.1, 0.15) is 31.8 Å². The second kappa shape index (κ2) is 22.1. The molecule has 61 heavy (non-hydrogen) atoms. The van der Waals surface area contributed by atoms with Crippen molar-refractivity contribution in [2.45, 2.75) is 20.3 Å². The number of carbonyl (C=O) groups is 1. The Balaban J connectivity index is 0.000000355. The van der Waals surface area contributed by atoms with Gasteiger partial charge in [-0.25, -0.2) is 0 Å². The van der Waals surface area contributed by atoms with Crippen LogP contribution >= 0.6 is 15.8 Å². The van der Waals surface area contributed by atoms with Crippen molar-refractivity contribution in [3.05, 3.63) is 193 Å². The SMILES string of the molecule is CCC.O=C(O)c1[c-]ccc([N+](=O)[O-])c1.[CH3-].[Ir].c1ccc([PH+](c2ccccc2)c2ccc3c(c2-c2c([PH+](c4ccccc4)c4ccccc4)ccc4c2OCO4)OCO3)cc1. The Morgan fingerprint density at radius 2 is 0.984 bits per heavy atom. The molecule has 9 nitrogen and oxygen atoms in total. The van der Waals surface area contributed by atoms with Crippen molar-refractivity contribution in [2.24, 2.45) is 0 Å². The zero-order chi connectivity index (χ0) is 41.1. The number of hydrogen-bond acceptors (Lipinski definition) is 7. The van der Waals surface area contributed by atoms with Crippen LogP contribution in [0.3, 0.4) is 0 Å². The minimum absolute atomic E-state index is 0. The van der Waals surface area contributed by atoms with E-state index in [0.717, 1.165) is 40.2 Å². The van der Waals surface area contributed by atoms with Gasteiger partial charge < -0.3 is 36.3 Å². The summed E-state index contributed by atoms with van der Waals surface area (Å²) in [5, 5.41) is 26.3. The van der Waals surface area contributed by atoms with Crippen molar-refractivity contribution in [3.8, 4) is 34.1 Å². The number of nitro groups is 1. The summed E-state index contributed by atoms with van der Waals surface area (Å²) in [5.74, 6) is 1.82. The van der Waals surface area contributed by atoms with Crippen LogP contribution in [-0.4, -0.2) is 29.6 Å². The van der Waals surface area contributed by atoms with E-state index < -0.39 is 26.7 Å². The number of carboxylic acid groups (broad SMARTS) is 1. The van der Waals surface area contributed by atoms with E-state index in [0.29, 0.717) is 0 Å². The predicted octanol–water partition coefficient (Wildman–Crippen LogP) is 8.75. The van der Waals surface area contributed by atoms with Gasteiger partial charge in [0, 0.05) is 25.0 Å². The Morgan fingerprint density at radius 1 is 0.623 bits per heavy atom. The number of hydrogen-bond donors (Lipinski definition) is 1. The van der Waals surface area contributed by atoms with Gasteiger partial charge >= 0.3 is 0 Å². The second-order valence-corrected chi connectivity index (χ2v) is 18.3. The summed E-state index contributed by atoms with van der Waals surface area (Å²) in [6, 6.07) is 57.6. The first kappa shape index (κ1) is 46.2. The van der Waals surface area contributed by atoms with Crippen molar-refractivity contribution in [2.75, 3.05) is 13.6 Å². The summed E-state index contributed by atoms with van der Waals surface area (Å²) in [7, 11) is -2.96. The molecular formula is C49H45IrNO8P2. The molecule has 7 aromatic carbocycles. The zero-order valence-corrected chi connectivity index (χ0v) is 38.2. The van der Waals surface area contributed by atoms with Gasteiger partial charge in [0.25, 0.3) is 0 Å². The zero-order valence-electron chi connectivity index (χ0n) is 33.8. The number of nitrogens with zero attached hydrogens (tertiary/aromatic N) is 1. The molecule has 0 saturated carbocycles. The molecule has 2 aliphatic heterocycles. The third kappa shape index (κ3) is 10.5. The number of nitro benzene ring substituents is 1. The first-order chi connectivity index (χ1) is 28.9. The standard InChI is InChI=1S/C38H28O4P2.C7H4NO4.C3H8.CH3.Ir/c1-5-13-27(14-6-1)43(28-15-7-2-8-16-28)33-23-21-31-37(41-25-39-31)35(33)36-34(24-22-32-38(36)42-26-40-32)44(29-17-9-3-10-18-29)30-19-11-4-12-20-30;9-7(10)5-2-1-3-6(4-5)8(11)12;1-3-2;;/h1-24H,25-26H2;1,3-4H,(H,9,10);3H2,1-2H3;1H3;/q;-1;;-1;/p+2. The first-order valence-corrected chi connectivity index (χ1v) is 22.1. The molecule has 0 spiro atoms. The molecule has 0 fully saturated rings. The molecule has 0 atom stereocenters. The second-order valence-electron chi connectivity index (χ2n) is 13.4. The number of fused-ring (bicyclic) bond motifs is 2. The number of carboxylic acids is 1. The van der Waals surface area contributed by atoms with Gasteiger partial charge in [-0.15, -0.1) is 12.1 Å². The Hall–Kier alpha value is -5.88. The van der Waals surface area contributed by atoms with Crippen LogP contribution < -0.4 is 50.8 Å². The number of ether oxygens (including phenoxy) is 4. The molecular weight excluding hydrogens is 985 g/mol. The molecule has 313 valence electrons. The van der Waals surface area contributed by atoms with Gasteiger partial charge in [-0.1, -0.05) is 111 Å². The van der Waals surface area contributed by atoms with Gasteiger partial charge in [0.2, 0.25) is 19.6 Å². The minimum atomic E-state index is -1.48. The maximum atomic E-state index is 10.3. The van der Waals surface area contributed by atoms with E-state index >= 15 is 0 Å². The Labute approximate surface area is 372 Å². The van der Waals surface area contributed by atoms with Crippen molar-refractivity contribution in [3.63, 3.8) is 0 Å². The fourth-order valence-corrected chi connectivity index (χ4v) is 12.4. The van der Waals surface area contributed by atoms with E-state index in [4.69, 9.17) is 24.1 Å². The summed E-state index contributed by atoms with van der Waals surface area (Å²) in [4.78, 5) is 19.8. The molecule has 0 amide bonds. The Kier molecular flexibility index (Phi) is 16.7. The molecule has 0 bridgehead atoms. The molecule has 0 unspecified atom stereocenters. The van der Waals surface area contributed by atoms with E-state index in [2.05, 4.69) is 166 Å². The topological polar surface area (TPSA) is 117 Å². The Bertz CT molecular complexity index is 2280. The van der Waals surface area contributed by atoms with Gasteiger partial charge in [0.05, 0.1) is 27.0 Å². The van der Waals surface area contributed by atoms with Crippen LogP contribution in [0.1, 0.15) is 30.6 Å². The molecule has 1 N–H and O–H groups in total. The van der Waals surface area contributed by atoms with E-state index in [1.165, 1.54) is 50.4 Å².